The lowest BCUT2D eigenvalue weighted by Crippen LogP contribution is -2.62. The summed E-state index contributed by atoms with van der Waals surface area (Å²) in [6.45, 7) is 3.98. The molecule has 3 amide bonds. The number of rotatable bonds is 6. The van der Waals surface area contributed by atoms with Gasteiger partial charge in [-0.15, -0.1) is 0 Å². The Kier molecular flexibility index (Phi) is 5.80. The molecule has 2 aromatic rings. The van der Waals surface area contributed by atoms with E-state index in [1.807, 2.05) is 25.1 Å². The lowest BCUT2D eigenvalue weighted by Gasteiger charge is -2.48. The molecule has 5 rings (SSSR count). The van der Waals surface area contributed by atoms with Gasteiger partial charge in [-0.1, -0.05) is 24.3 Å². The van der Waals surface area contributed by atoms with Gasteiger partial charge in [-0.2, -0.15) is 0 Å². The Morgan fingerprint density at radius 3 is 2.76 bits per heavy atom. The summed E-state index contributed by atoms with van der Waals surface area (Å²) in [6, 6.07) is 13.7. The zero-order valence-corrected chi connectivity index (χ0v) is 20.0. The number of anilines is 2. The van der Waals surface area contributed by atoms with Gasteiger partial charge in [0.1, 0.15) is 5.66 Å². The molecule has 7 heteroatoms. The van der Waals surface area contributed by atoms with E-state index in [4.69, 9.17) is 0 Å². The average molecular weight is 461 g/mol. The van der Waals surface area contributed by atoms with Gasteiger partial charge >= 0.3 is 0 Å². The molecule has 1 saturated heterocycles. The number of aryl methyl sites for hydroxylation is 1. The standard InChI is InChI=1S/C27H32N4O3/c1-27-14-13-25(33)31(27)23-9-4-3-8-21(23)26(34)30(27)16-6-10-24(32)28-18-19-11-12-22-20(17-19)7-5-15-29(22)2/h3-4,8-9,11-12,17H,5-7,10,13-16,18H2,1-2H3,(H,28,32). The number of hydrogen-bond acceptors (Lipinski definition) is 4. The first-order chi connectivity index (χ1) is 16.4. The minimum absolute atomic E-state index is 0.0239. The zero-order valence-electron chi connectivity index (χ0n) is 20.0. The minimum atomic E-state index is -0.671. The summed E-state index contributed by atoms with van der Waals surface area (Å²) in [7, 11) is 2.12. The van der Waals surface area contributed by atoms with E-state index in [9.17, 15) is 14.4 Å². The summed E-state index contributed by atoms with van der Waals surface area (Å²) in [4.78, 5) is 44.3. The first-order valence-electron chi connectivity index (χ1n) is 12.2. The molecule has 3 heterocycles. The third kappa shape index (κ3) is 3.83. The maximum Gasteiger partial charge on any atom is 0.257 e. The summed E-state index contributed by atoms with van der Waals surface area (Å²) < 4.78 is 0. The second-order valence-corrected chi connectivity index (χ2v) is 9.79. The molecule has 0 aliphatic carbocycles. The highest BCUT2D eigenvalue weighted by Crippen LogP contribution is 2.44. The molecule has 1 N–H and O–H groups in total. The SMILES string of the molecule is CN1CCCc2cc(CNC(=O)CCCN3C(=O)c4ccccc4N4C(=O)CCC34C)ccc21. The van der Waals surface area contributed by atoms with Crippen LogP contribution in [0.15, 0.2) is 42.5 Å². The predicted molar refractivity (Wildman–Crippen MR) is 132 cm³/mol. The van der Waals surface area contributed by atoms with Gasteiger partial charge in [0, 0.05) is 45.2 Å². The van der Waals surface area contributed by atoms with E-state index >= 15 is 0 Å². The third-order valence-corrected chi connectivity index (χ3v) is 7.52. The molecule has 0 spiro atoms. The van der Waals surface area contributed by atoms with E-state index in [1.54, 1.807) is 15.9 Å². The van der Waals surface area contributed by atoms with Gasteiger partial charge in [-0.25, -0.2) is 0 Å². The number of carbonyl (C=O) groups is 3. The number of hydrogen-bond donors (Lipinski definition) is 1. The van der Waals surface area contributed by atoms with Crippen LogP contribution in [-0.2, 0) is 22.6 Å². The van der Waals surface area contributed by atoms with Crippen LogP contribution in [0.5, 0.6) is 0 Å². The summed E-state index contributed by atoms with van der Waals surface area (Å²) >= 11 is 0. The first kappa shape index (κ1) is 22.4. The number of fused-ring (bicyclic) bond motifs is 4. The maximum absolute atomic E-state index is 13.3. The first-order valence-corrected chi connectivity index (χ1v) is 12.2. The summed E-state index contributed by atoms with van der Waals surface area (Å²) in [5, 5.41) is 3.02. The Morgan fingerprint density at radius 1 is 1.09 bits per heavy atom. The molecule has 3 aliphatic heterocycles. The fourth-order valence-corrected chi connectivity index (χ4v) is 5.68. The Bertz CT molecular complexity index is 1150. The van der Waals surface area contributed by atoms with E-state index in [0.717, 1.165) is 24.9 Å². The fourth-order valence-electron chi connectivity index (χ4n) is 5.68. The topological polar surface area (TPSA) is 73.0 Å². The molecule has 178 valence electrons. The van der Waals surface area contributed by atoms with Gasteiger partial charge in [-0.3, -0.25) is 19.3 Å². The molecule has 34 heavy (non-hydrogen) atoms. The lowest BCUT2D eigenvalue weighted by atomic mass is 9.98. The van der Waals surface area contributed by atoms with E-state index in [0.29, 0.717) is 50.0 Å². The number of carbonyl (C=O) groups excluding carboxylic acids is 3. The number of nitrogens with zero attached hydrogens (tertiary/aromatic N) is 3. The monoisotopic (exact) mass is 460 g/mol. The molecule has 3 aliphatic rings. The summed E-state index contributed by atoms with van der Waals surface area (Å²) in [5.74, 6) is -0.0471. The van der Waals surface area contributed by atoms with E-state index in [1.165, 1.54) is 11.3 Å². The third-order valence-electron chi connectivity index (χ3n) is 7.52. The predicted octanol–water partition coefficient (Wildman–Crippen LogP) is 3.46. The van der Waals surface area contributed by atoms with Crippen LogP contribution < -0.4 is 15.1 Å². The van der Waals surface area contributed by atoms with Crippen LogP contribution in [0.25, 0.3) is 0 Å². The Morgan fingerprint density at radius 2 is 1.91 bits per heavy atom. The molecule has 0 saturated carbocycles. The molecule has 1 fully saturated rings. The Balaban J connectivity index is 1.19. The van der Waals surface area contributed by atoms with E-state index in [-0.39, 0.29) is 17.7 Å². The van der Waals surface area contributed by atoms with Gasteiger partial charge in [0.25, 0.3) is 5.91 Å². The number of para-hydroxylation sites is 1. The number of nitrogens with one attached hydrogen (secondary N) is 1. The van der Waals surface area contributed by atoms with Gasteiger partial charge in [0.05, 0.1) is 11.3 Å². The number of benzene rings is 2. The highest BCUT2D eigenvalue weighted by atomic mass is 16.2. The second kappa shape index (κ2) is 8.78. The smallest absolute Gasteiger partial charge is 0.257 e. The summed E-state index contributed by atoms with van der Waals surface area (Å²) in [6.07, 6.45) is 4.14. The normalized spacial score (nSPS) is 21.3. The van der Waals surface area contributed by atoms with Crippen molar-refractivity contribution in [1.82, 2.24) is 10.2 Å². The van der Waals surface area contributed by atoms with Crippen molar-refractivity contribution < 1.29 is 14.4 Å². The molecule has 2 aromatic carbocycles. The van der Waals surface area contributed by atoms with Gasteiger partial charge in [0.15, 0.2) is 0 Å². The van der Waals surface area contributed by atoms with E-state index < -0.39 is 5.66 Å². The van der Waals surface area contributed by atoms with Crippen molar-refractivity contribution in [3.05, 3.63) is 59.2 Å². The lowest BCUT2D eigenvalue weighted by molar-refractivity contribution is -0.121. The molecular weight excluding hydrogens is 428 g/mol. The van der Waals surface area contributed by atoms with Crippen LogP contribution in [0.3, 0.4) is 0 Å². The molecule has 1 unspecified atom stereocenters. The minimum Gasteiger partial charge on any atom is -0.374 e. The molecular formula is C27H32N4O3. The molecule has 0 radical (unpaired) electrons. The van der Waals surface area contributed by atoms with Crippen molar-refractivity contribution in [1.29, 1.82) is 0 Å². The highest BCUT2D eigenvalue weighted by Gasteiger charge is 2.52. The number of amides is 3. The highest BCUT2D eigenvalue weighted by molar-refractivity contribution is 6.10. The Hall–Kier alpha value is -3.35. The van der Waals surface area contributed by atoms with Crippen LogP contribution in [0.1, 0.15) is 60.5 Å². The maximum atomic E-state index is 13.3. The van der Waals surface area contributed by atoms with E-state index in [2.05, 4.69) is 35.5 Å². The van der Waals surface area contributed by atoms with Crippen molar-refractivity contribution in [3.8, 4) is 0 Å². The molecule has 7 nitrogen and oxygen atoms in total. The van der Waals surface area contributed by atoms with Crippen molar-refractivity contribution in [2.75, 3.05) is 29.9 Å². The molecule has 0 bridgehead atoms. The van der Waals surface area contributed by atoms with Crippen molar-refractivity contribution in [2.45, 2.75) is 57.7 Å². The van der Waals surface area contributed by atoms with Crippen LogP contribution in [0, 0.1) is 0 Å². The summed E-state index contributed by atoms with van der Waals surface area (Å²) in [5.41, 5.74) is 4.31. The quantitative estimate of drug-likeness (QED) is 0.717. The van der Waals surface area contributed by atoms with Crippen molar-refractivity contribution in [3.63, 3.8) is 0 Å². The van der Waals surface area contributed by atoms with Crippen LogP contribution in [-0.4, -0.2) is 48.4 Å². The van der Waals surface area contributed by atoms with Crippen LogP contribution >= 0.6 is 0 Å². The van der Waals surface area contributed by atoms with Crippen LogP contribution in [0.4, 0.5) is 11.4 Å². The molecule has 1 atom stereocenters. The fraction of sp³-hybridized carbons (Fsp3) is 0.444. The largest absolute Gasteiger partial charge is 0.374 e. The van der Waals surface area contributed by atoms with Crippen molar-refractivity contribution >= 4 is 29.1 Å². The van der Waals surface area contributed by atoms with Crippen LogP contribution in [0.2, 0.25) is 0 Å². The Labute approximate surface area is 200 Å². The van der Waals surface area contributed by atoms with Gasteiger partial charge < -0.3 is 15.1 Å². The second-order valence-electron chi connectivity index (χ2n) is 9.79. The van der Waals surface area contributed by atoms with Gasteiger partial charge in [0.2, 0.25) is 11.8 Å². The zero-order chi connectivity index (χ0) is 23.9. The van der Waals surface area contributed by atoms with Gasteiger partial charge in [-0.05, 0) is 61.9 Å². The average Bonchev–Trinajstić information content (AvgIpc) is 3.15. The molecule has 0 aromatic heterocycles. The van der Waals surface area contributed by atoms with Crippen molar-refractivity contribution in [2.24, 2.45) is 0 Å².